The normalized spacial score (nSPS) is 10.7. The molecule has 0 radical (unpaired) electrons. The minimum absolute atomic E-state index is 0.158. The van der Waals surface area contributed by atoms with Crippen LogP contribution < -0.4 is 5.32 Å². The fourth-order valence-corrected chi connectivity index (χ4v) is 2.84. The molecule has 3 aromatic rings. The van der Waals surface area contributed by atoms with Gasteiger partial charge < -0.3 is 10.3 Å². The highest BCUT2D eigenvalue weighted by atomic mass is 16.1. The standard InChI is InChI=1S/C19H21N5O/c1-11-8-12(2)22-17(21-11)10-20-19(25)16-7-5-6-15(9-16)18-13(3)23-14(4)24-18/h5-9H,10H2,1-4H3,(H,20,25)(H,23,24). The van der Waals surface area contributed by atoms with Gasteiger partial charge in [-0.15, -0.1) is 0 Å². The van der Waals surface area contributed by atoms with E-state index in [1.54, 1.807) is 6.07 Å². The maximum absolute atomic E-state index is 12.5. The first-order chi connectivity index (χ1) is 11.9. The second-order valence-electron chi connectivity index (χ2n) is 6.13. The van der Waals surface area contributed by atoms with Crippen LogP contribution in [-0.4, -0.2) is 25.8 Å². The number of carbonyl (C=O) groups excluding carboxylic acids is 1. The number of benzene rings is 1. The van der Waals surface area contributed by atoms with Gasteiger partial charge in [0, 0.05) is 28.2 Å². The number of aromatic nitrogens is 4. The van der Waals surface area contributed by atoms with E-state index in [-0.39, 0.29) is 5.91 Å². The van der Waals surface area contributed by atoms with E-state index in [0.717, 1.165) is 34.2 Å². The molecule has 6 heteroatoms. The van der Waals surface area contributed by atoms with Crippen molar-refractivity contribution < 1.29 is 4.79 Å². The lowest BCUT2D eigenvalue weighted by molar-refractivity contribution is 0.0950. The number of H-pyrrole nitrogens is 1. The van der Waals surface area contributed by atoms with Crippen molar-refractivity contribution in [3.8, 4) is 11.3 Å². The number of amides is 1. The highest BCUT2D eigenvalue weighted by Crippen LogP contribution is 2.22. The molecule has 1 amide bonds. The van der Waals surface area contributed by atoms with E-state index in [1.165, 1.54) is 0 Å². The molecule has 0 saturated carbocycles. The van der Waals surface area contributed by atoms with Gasteiger partial charge in [0.15, 0.2) is 0 Å². The summed E-state index contributed by atoms with van der Waals surface area (Å²) in [5, 5.41) is 2.88. The summed E-state index contributed by atoms with van der Waals surface area (Å²) in [6.45, 7) is 8.01. The summed E-state index contributed by atoms with van der Waals surface area (Å²) >= 11 is 0. The fourth-order valence-electron chi connectivity index (χ4n) is 2.84. The van der Waals surface area contributed by atoms with Crippen molar-refractivity contribution in [1.29, 1.82) is 0 Å². The van der Waals surface area contributed by atoms with E-state index < -0.39 is 0 Å². The maximum Gasteiger partial charge on any atom is 0.251 e. The summed E-state index contributed by atoms with van der Waals surface area (Å²) in [6, 6.07) is 9.35. The second kappa shape index (κ2) is 6.84. The molecule has 0 saturated heterocycles. The zero-order chi connectivity index (χ0) is 18.0. The lowest BCUT2D eigenvalue weighted by Gasteiger charge is -2.07. The first-order valence-electron chi connectivity index (χ1n) is 8.15. The Hall–Kier alpha value is -3.02. The van der Waals surface area contributed by atoms with Crippen molar-refractivity contribution in [2.45, 2.75) is 34.2 Å². The van der Waals surface area contributed by atoms with Crippen LogP contribution in [0.4, 0.5) is 0 Å². The third kappa shape index (κ3) is 3.91. The van der Waals surface area contributed by atoms with Crippen LogP contribution in [0.5, 0.6) is 0 Å². The minimum atomic E-state index is -0.158. The predicted octanol–water partition coefficient (Wildman–Crippen LogP) is 3.03. The molecule has 0 atom stereocenters. The van der Waals surface area contributed by atoms with Crippen molar-refractivity contribution in [3.63, 3.8) is 0 Å². The number of hydrogen-bond donors (Lipinski definition) is 2. The Labute approximate surface area is 146 Å². The topological polar surface area (TPSA) is 83.6 Å². The zero-order valence-electron chi connectivity index (χ0n) is 14.8. The summed E-state index contributed by atoms with van der Waals surface area (Å²) < 4.78 is 0. The summed E-state index contributed by atoms with van der Waals surface area (Å²) in [5.41, 5.74) is 5.13. The first kappa shape index (κ1) is 16.8. The van der Waals surface area contributed by atoms with Gasteiger partial charge in [0.05, 0.1) is 12.2 Å². The van der Waals surface area contributed by atoms with Crippen molar-refractivity contribution >= 4 is 5.91 Å². The number of hydrogen-bond acceptors (Lipinski definition) is 4. The minimum Gasteiger partial charge on any atom is -0.346 e. The first-order valence-corrected chi connectivity index (χ1v) is 8.15. The van der Waals surface area contributed by atoms with Crippen molar-refractivity contribution in [3.05, 3.63) is 64.6 Å². The number of carbonyl (C=O) groups is 1. The molecule has 2 aromatic heterocycles. The van der Waals surface area contributed by atoms with E-state index in [1.807, 2.05) is 52.0 Å². The van der Waals surface area contributed by atoms with Crippen molar-refractivity contribution in [1.82, 2.24) is 25.3 Å². The molecule has 0 spiro atoms. The summed E-state index contributed by atoms with van der Waals surface area (Å²) in [7, 11) is 0. The van der Waals surface area contributed by atoms with E-state index in [0.29, 0.717) is 17.9 Å². The highest BCUT2D eigenvalue weighted by Gasteiger charge is 2.11. The van der Waals surface area contributed by atoms with Crippen LogP contribution in [0.3, 0.4) is 0 Å². The van der Waals surface area contributed by atoms with Gasteiger partial charge in [-0.05, 0) is 45.9 Å². The molecule has 2 N–H and O–H groups in total. The van der Waals surface area contributed by atoms with Gasteiger partial charge in [-0.3, -0.25) is 4.79 Å². The molecule has 0 unspecified atom stereocenters. The summed E-state index contributed by atoms with van der Waals surface area (Å²) in [6.07, 6.45) is 0. The van der Waals surface area contributed by atoms with Gasteiger partial charge in [-0.1, -0.05) is 12.1 Å². The van der Waals surface area contributed by atoms with Gasteiger partial charge in [-0.25, -0.2) is 15.0 Å². The molecular weight excluding hydrogens is 314 g/mol. The Balaban J connectivity index is 1.76. The maximum atomic E-state index is 12.5. The highest BCUT2D eigenvalue weighted by molar-refractivity contribution is 5.95. The van der Waals surface area contributed by atoms with Crippen molar-refractivity contribution in [2.75, 3.05) is 0 Å². The van der Waals surface area contributed by atoms with E-state index in [4.69, 9.17) is 0 Å². The van der Waals surface area contributed by atoms with Gasteiger partial charge in [0.2, 0.25) is 0 Å². The second-order valence-corrected chi connectivity index (χ2v) is 6.13. The quantitative estimate of drug-likeness (QED) is 0.767. The van der Waals surface area contributed by atoms with Crippen LogP contribution in [0.15, 0.2) is 30.3 Å². The average Bonchev–Trinajstić information content (AvgIpc) is 2.90. The van der Waals surface area contributed by atoms with Crippen LogP contribution in [0.25, 0.3) is 11.3 Å². The number of imidazole rings is 1. The van der Waals surface area contributed by atoms with Crippen LogP contribution >= 0.6 is 0 Å². The number of nitrogens with one attached hydrogen (secondary N) is 2. The third-order valence-electron chi connectivity index (χ3n) is 3.84. The molecule has 3 rings (SSSR count). The number of nitrogens with zero attached hydrogens (tertiary/aromatic N) is 3. The van der Waals surface area contributed by atoms with E-state index in [2.05, 4.69) is 25.3 Å². The molecule has 0 aliphatic carbocycles. The molecule has 128 valence electrons. The number of rotatable bonds is 4. The molecule has 0 fully saturated rings. The lowest BCUT2D eigenvalue weighted by atomic mass is 10.1. The summed E-state index contributed by atoms with van der Waals surface area (Å²) in [5.74, 6) is 1.31. The average molecular weight is 335 g/mol. The van der Waals surface area contributed by atoms with Gasteiger partial charge >= 0.3 is 0 Å². The molecular formula is C19H21N5O. The van der Waals surface area contributed by atoms with Gasteiger partial charge in [0.25, 0.3) is 5.91 Å². The monoisotopic (exact) mass is 335 g/mol. The predicted molar refractivity (Wildman–Crippen MR) is 96.2 cm³/mol. The molecule has 0 aliphatic rings. The van der Waals surface area contributed by atoms with Gasteiger partial charge in [-0.2, -0.15) is 0 Å². The SMILES string of the molecule is Cc1cc(C)nc(CNC(=O)c2cccc(-c3nc(C)[nH]c3C)c2)n1. The molecule has 1 aromatic carbocycles. The van der Waals surface area contributed by atoms with E-state index in [9.17, 15) is 4.79 Å². The van der Waals surface area contributed by atoms with Crippen LogP contribution in [-0.2, 0) is 6.54 Å². The number of aromatic amines is 1. The largest absolute Gasteiger partial charge is 0.346 e. The Morgan fingerprint density at radius 3 is 2.40 bits per heavy atom. The fraction of sp³-hybridized carbons (Fsp3) is 0.263. The van der Waals surface area contributed by atoms with Crippen LogP contribution in [0.1, 0.15) is 39.1 Å². The molecule has 0 aliphatic heterocycles. The van der Waals surface area contributed by atoms with E-state index >= 15 is 0 Å². The molecule has 6 nitrogen and oxygen atoms in total. The van der Waals surface area contributed by atoms with Crippen LogP contribution in [0.2, 0.25) is 0 Å². The Morgan fingerprint density at radius 2 is 1.76 bits per heavy atom. The molecule has 0 bridgehead atoms. The lowest BCUT2D eigenvalue weighted by Crippen LogP contribution is -2.24. The molecule has 2 heterocycles. The van der Waals surface area contributed by atoms with Crippen molar-refractivity contribution in [2.24, 2.45) is 0 Å². The van der Waals surface area contributed by atoms with Crippen LogP contribution in [0, 0.1) is 27.7 Å². The Morgan fingerprint density at radius 1 is 1.04 bits per heavy atom. The molecule has 25 heavy (non-hydrogen) atoms. The smallest absolute Gasteiger partial charge is 0.251 e. The third-order valence-corrected chi connectivity index (χ3v) is 3.84. The Bertz CT molecular complexity index is 909. The Kier molecular flexibility index (Phi) is 4.61. The summed E-state index contributed by atoms with van der Waals surface area (Å²) in [4.78, 5) is 28.8. The number of aryl methyl sites for hydroxylation is 4. The zero-order valence-corrected chi connectivity index (χ0v) is 14.8. The van der Waals surface area contributed by atoms with Gasteiger partial charge in [0.1, 0.15) is 11.6 Å².